The van der Waals surface area contributed by atoms with Gasteiger partial charge in [-0.15, -0.1) is 11.6 Å². The van der Waals surface area contributed by atoms with E-state index in [0.717, 1.165) is 0 Å². The maximum absolute atomic E-state index is 5.26. The van der Waals surface area contributed by atoms with Gasteiger partial charge in [-0.2, -0.15) is 0 Å². The van der Waals surface area contributed by atoms with Crippen LogP contribution >= 0.6 is 34.2 Å². The quantitative estimate of drug-likeness (QED) is 0.405. The number of hydrogen-bond acceptors (Lipinski definition) is 0. The number of hydrogen-bond donors (Lipinski definition) is 0. The smallest absolute Gasteiger partial charge is 0.0822 e. The van der Waals surface area contributed by atoms with Gasteiger partial charge in [-0.25, -0.2) is 0 Å². The van der Waals surface area contributed by atoms with Crippen molar-refractivity contribution in [3.8, 4) is 0 Å². The number of halogens is 2. The normalized spacial score (nSPS) is 15.8. The Morgan fingerprint density at radius 1 is 2.00 bits per heavy atom. The van der Waals surface area contributed by atoms with Crippen LogP contribution < -0.4 is 0 Å². The molecule has 0 heterocycles. The van der Waals surface area contributed by atoms with Crippen molar-refractivity contribution in [2.24, 2.45) is 0 Å². The Labute approximate surface area is 44.7 Å². The van der Waals surface area contributed by atoms with Crippen molar-refractivity contribution in [3.05, 3.63) is 0 Å². The zero-order valence-electron chi connectivity index (χ0n) is 2.33. The Balaban J connectivity index is 2.32. The van der Waals surface area contributed by atoms with Crippen molar-refractivity contribution < 1.29 is 0 Å². The molecule has 0 saturated carbocycles. The van der Waals surface area contributed by atoms with E-state index in [4.69, 9.17) is 11.6 Å². The summed E-state index contributed by atoms with van der Waals surface area (Å²) in [6.45, 7) is 1.92. The topological polar surface area (TPSA) is 0 Å². The Hall–Kier alpha value is 1.02. The van der Waals surface area contributed by atoms with E-state index in [0.29, 0.717) is 0 Å². The van der Waals surface area contributed by atoms with E-state index < -0.39 is 0 Å². The van der Waals surface area contributed by atoms with Crippen LogP contribution in [0.3, 0.4) is 0 Å². The lowest BCUT2D eigenvalue weighted by molar-refractivity contribution is 1.46. The summed E-state index contributed by atoms with van der Waals surface area (Å²) in [5.41, 5.74) is 0. The monoisotopic (exact) mass is 190 g/mol. The second kappa shape index (κ2) is 2.27. The summed E-state index contributed by atoms with van der Waals surface area (Å²) in [6, 6.07) is 0. The van der Waals surface area contributed by atoms with Gasteiger partial charge in [0.05, 0.1) is 3.38 Å². The lowest BCUT2D eigenvalue weighted by Crippen LogP contribution is -1.61. The van der Waals surface area contributed by atoms with Crippen molar-refractivity contribution in [1.82, 2.24) is 0 Å². The summed E-state index contributed by atoms with van der Waals surface area (Å²) >= 11 is 7.37. The molecule has 0 radical (unpaired) electrons. The first-order chi connectivity index (χ1) is 1.73. The molecule has 1 unspecified atom stereocenters. The molecule has 0 bridgehead atoms. The van der Waals surface area contributed by atoms with Crippen molar-refractivity contribution in [3.63, 3.8) is 0 Å². The minimum atomic E-state index is 0.276. The maximum atomic E-state index is 5.26. The largest absolute Gasteiger partial charge is 0.112 e. The highest BCUT2D eigenvalue weighted by Gasteiger charge is 1.74. The molecule has 0 rings (SSSR count). The highest BCUT2D eigenvalue weighted by molar-refractivity contribution is 14.1. The molecule has 26 valence electrons. The Kier molecular flexibility index (Phi) is 2.85. The van der Waals surface area contributed by atoms with Gasteiger partial charge in [-0.05, 0) is 6.92 Å². The van der Waals surface area contributed by atoms with E-state index >= 15 is 0 Å². The fourth-order valence-corrected chi connectivity index (χ4v) is 0. The van der Waals surface area contributed by atoms with Gasteiger partial charge >= 0.3 is 0 Å². The molecule has 4 heavy (non-hydrogen) atoms. The lowest BCUT2D eigenvalue weighted by Gasteiger charge is -1.73. The van der Waals surface area contributed by atoms with E-state index in [2.05, 4.69) is 22.6 Å². The number of alkyl halides is 2. The summed E-state index contributed by atoms with van der Waals surface area (Å²) in [6.07, 6.45) is 0. The van der Waals surface area contributed by atoms with Crippen LogP contribution in [0.25, 0.3) is 0 Å². The van der Waals surface area contributed by atoms with Gasteiger partial charge in [-0.3, -0.25) is 0 Å². The third-order valence-electron chi connectivity index (χ3n) is 0. The molecule has 0 aliphatic heterocycles. The van der Waals surface area contributed by atoms with Crippen LogP contribution in [0.1, 0.15) is 6.92 Å². The van der Waals surface area contributed by atoms with E-state index in [1.807, 2.05) is 6.92 Å². The van der Waals surface area contributed by atoms with Crippen LogP contribution in [0.5, 0.6) is 0 Å². The minimum Gasteiger partial charge on any atom is -0.112 e. The highest BCUT2D eigenvalue weighted by atomic mass is 127. The molecule has 0 aliphatic carbocycles. The molecule has 0 N–H and O–H groups in total. The van der Waals surface area contributed by atoms with Crippen LogP contribution in [-0.2, 0) is 0 Å². The molecule has 0 aliphatic rings. The van der Waals surface area contributed by atoms with Gasteiger partial charge in [0.25, 0.3) is 0 Å². The average molecular weight is 190 g/mol. The van der Waals surface area contributed by atoms with Crippen LogP contribution in [0.4, 0.5) is 0 Å². The molecule has 0 amide bonds. The van der Waals surface area contributed by atoms with E-state index in [1.165, 1.54) is 0 Å². The molecule has 0 spiro atoms. The average Bonchev–Trinajstić information content (AvgIpc) is 0.811. The van der Waals surface area contributed by atoms with Gasteiger partial charge in [0.2, 0.25) is 0 Å². The van der Waals surface area contributed by atoms with Crippen LogP contribution in [0, 0.1) is 0 Å². The van der Waals surface area contributed by atoms with Gasteiger partial charge in [0.1, 0.15) is 0 Å². The van der Waals surface area contributed by atoms with Gasteiger partial charge in [0, 0.05) is 0 Å². The molecule has 2 heteroatoms. The van der Waals surface area contributed by atoms with E-state index in [-0.39, 0.29) is 3.38 Å². The first kappa shape index (κ1) is 5.02. The summed E-state index contributed by atoms with van der Waals surface area (Å²) in [5.74, 6) is 0. The van der Waals surface area contributed by atoms with Gasteiger partial charge in [0.15, 0.2) is 0 Å². The fraction of sp³-hybridized carbons (Fsp3) is 1.00. The van der Waals surface area contributed by atoms with Crippen molar-refractivity contribution in [2.45, 2.75) is 10.3 Å². The first-order valence-electron chi connectivity index (χ1n) is 1.01. The third kappa shape index (κ3) is 11.8. The first-order valence-corrected chi connectivity index (χ1v) is 2.70. The van der Waals surface area contributed by atoms with E-state index in [9.17, 15) is 0 Å². The van der Waals surface area contributed by atoms with Crippen LogP contribution in [0.2, 0.25) is 0 Å². The highest BCUT2D eigenvalue weighted by Crippen LogP contribution is 2.00. The van der Waals surface area contributed by atoms with Crippen molar-refractivity contribution in [1.29, 1.82) is 0 Å². The predicted octanol–water partition coefficient (Wildman–Crippen LogP) is 2.01. The zero-order valence-corrected chi connectivity index (χ0v) is 5.25. The molecule has 0 fully saturated rings. The lowest BCUT2D eigenvalue weighted by atomic mass is 11.0. The molecule has 0 aromatic carbocycles. The molecule has 1 atom stereocenters. The fourth-order valence-electron chi connectivity index (χ4n) is 0. The van der Waals surface area contributed by atoms with E-state index in [1.54, 1.807) is 0 Å². The predicted molar refractivity (Wildman–Crippen MR) is 29.3 cm³/mol. The SMILES string of the molecule is CC(Cl)I. The van der Waals surface area contributed by atoms with Gasteiger partial charge in [-0.1, -0.05) is 22.6 Å². The summed E-state index contributed by atoms with van der Waals surface area (Å²) in [4.78, 5) is 0. The van der Waals surface area contributed by atoms with Crippen molar-refractivity contribution in [2.75, 3.05) is 0 Å². The summed E-state index contributed by atoms with van der Waals surface area (Å²) < 4.78 is 0.276. The Morgan fingerprint density at radius 2 is 2.00 bits per heavy atom. The van der Waals surface area contributed by atoms with Crippen molar-refractivity contribution >= 4 is 34.2 Å². The third-order valence-corrected chi connectivity index (χ3v) is 0. The molecule has 0 saturated heterocycles. The molecule has 0 aromatic rings. The maximum Gasteiger partial charge on any atom is 0.0822 e. The van der Waals surface area contributed by atoms with Gasteiger partial charge < -0.3 is 0 Å². The second-order valence-corrected chi connectivity index (χ2v) is 3.78. The van der Waals surface area contributed by atoms with Crippen LogP contribution in [0.15, 0.2) is 0 Å². The molecular formula is C2H4ClI. The number of rotatable bonds is 0. The minimum absolute atomic E-state index is 0.276. The Morgan fingerprint density at radius 3 is 2.00 bits per heavy atom. The molecule has 0 nitrogen and oxygen atoms in total. The molecule has 0 aromatic heterocycles. The summed E-state index contributed by atoms with van der Waals surface area (Å²) in [7, 11) is 0. The zero-order chi connectivity index (χ0) is 3.58. The molecular weight excluding hydrogens is 186 g/mol. The standard InChI is InChI=1S/C2H4ClI/c1-2(3)4/h2H,1H3. The summed E-state index contributed by atoms with van der Waals surface area (Å²) in [5, 5.41) is 0. The second-order valence-electron chi connectivity index (χ2n) is 0.519. The van der Waals surface area contributed by atoms with Crippen LogP contribution in [-0.4, -0.2) is 3.38 Å². The Bertz CT molecular complexity index is 10.8.